The predicted octanol–water partition coefficient (Wildman–Crippen LogP) is 2.91. The molecule has 0 amide bonds. The number of carbonyl (C=O) groups excluding carboxylic acids is 2. The van der Waals surface area contributed by atoms with E-state index >= 15 is 0 Å². The molecule has 4 saturated heterocycles. The van der Waals surface area contributed by atoms with Crippen molar-refractivity contribution >= 4 is 11.8 Å². The van der Waals surface area contributed by atoms with Crippen molar-refractivity contribution in [3.63, 3.8) is 0 Å². The molecule has 6 fully saturated rings. The molecule has 0 aromatic rings. The van der Waals surface area contributed by atoms with Gasteiger partial charge in [-0.2, -0.15) is 0 Å². The molecular weight excluding hydrogens is 676 g/mol. The highest BCUT2D eigenvalue weighted by Crippen LogP contribution is 2.55. The van der Waals surface area contributed by atoms with E-state index in [1.54, 1.807) is 13.0 Å². The lowest BCUT2D eigenvalue weighted by Gasteiger charge is -2.60. The summed E-state index contributed by atoms with van der Waals surface area (Å²) in [7, 11) is 0. The maximum absolute atomic E-state index is 14.0. The van der Waals surface area contributed by atoms with Crippen LogP contribution in [-0.4, -0.2) is 108 Å². The largest absolute Gasteiger partial charge is 0.456 e. The van der Waals surface area contributed by atoms with Crippen molar-refractivity contribution in [2.45, 2.75) is 166 Å². The summed E-state index contributed by atoms with van der Waals surface area (Å²) in [4.78, 5) is 27.4. The first-order valence-electron chi connectivity index (χ1n) is 21.1. The molecule has 8 N–H and O–H groups in total. The minimum atomic E-state index is -1.04. The van der Waals surface area contributed by atoms with Gasteiger partial charge in [0.15, 0.2) is 0 Å². The summed E-state index contributed by atoms with van der Waals surface area (Å²) in [5.41, 5.74) is 6.25. The Kier molecular flexibility index (Phi) is 14.1. The third-order valence-electron chi connectivity index (χ3n) is 14.2. The molecule has 0 radical (unpaired) electrons. The minimum absolute atomic E-state index is 0.0513. The Hall–Kier alpha value is -1.48. The van der Waals surface area contributed by atoms with Gasteiger partial charge in [-0.1, -0.05) is 25.8 Å². The number of allylic oxidation sites excluding steroid dienone is 1. The molecule has 6 aliphatic rings. The number of ether oxygens (including phenoxy) is 3. The van der Waals surface area contributed by atoms with Gasteiger partial charge in [0.05, 0.1) is 55.4 Å². The first-order valence-corrected chi connectivity index (χ1v) is 21.1. The van der Waals surface area contributed by atoms with Crippen LogP contribution >= 0.6 is 0 Å². The molecule has 16 atom stereocenters. The first kappa shape index (κ1) is 41.2. The lowest BCUT2D eigenvalue weighted by atomic mass is 9.56. The van der Waals surface area contributed by atoms with E-state index in [1.807, 2.05) is 6.92 Å². The lowest BCUT2D eigenvalue weighted by molar-refractivity contribution is -0.293. The van der Waals surface area contributed by atoms with E-state index < -0.39 is 53.9 Å². The second-order valence-electron chi connectivity index (χ2n) is 17.8. The fraction of sp³-hybridized carbons (Fsp3) is 0.902. The van der Waals surface area contributed by atoms with Crippen LogP contribution in [0, 0.1) is 41.4 Å². The number of hydrogen-bond donors (Lipinski definition) is 7. The maximum Gasteiger partial charge on any atom is 0.333 e. The predicted molar refractivity (Wildman–Crippen MR) is 201 cm³/mol. The van der Waals surface area contributed by atoms with Crippen LogP contribution in [0.5, 0.6) is 0 Å². The number of aliphatic hydroxyl groups excluding tert-OH is 3. The van der Waals surface area contributed by atoms with Crippen LogP contribution in [0.2, 0.25) is 0 Å². The van der Waals surface area contributed by atoms with Gasteiger partial charge in [0, 0.05) is 23.8 Å². The van der Waals surface area contributed by atoms with Crippen LogP contribution in [-0.2, 0) is 23.8 Å². The Morgan fingerprint density at radius 3 is 2.60 bits per heavy atom. The number of aliphatic hydroxyl groups is 3. The molecule has 6 rings (SSSR count). The molecular formula is C41H70N4O8. The van der Waals surface area contributed by atoms with E-state index in [4.69, 9.17) is 19.9 Å². The smallest absolute Gasteiger partial charge is 0.333 e. The van der Waals surface area contributed by atoms with Crippen LogP contribution in [0.4, 0.5) is 0 Å². The summed E-state index contributed by atoms with van der Waals surface area (Å²) in [6.07, 6.45) is 8.46. The topological polar surface area (TPSA) is 185 Å². The summed E-state index contributed by atoms with van der Waals surface area (Å²) in [5, 5.41) is 43.9. The highest BCUT2D eigenvalue weighted by atomic mass is 16.6. The Morgan fingerprint density at radius 2 is 1.92 bits per heavy atom. The van der Waals surface area contributed by atoms with E-state index in [0.29, 0.717) is 36.4 Å². The average Bonchev–Trinajstić information content (AvgIpc) is 3.14. The van der Waals surface area contributed by atoms with Gasteiger partial charge in [-0.15, -0.1) is 0 Å². The quantitative estimate of drug-likeness (QED) is 0.115. The molecule has 16 unspecified atom stereocenters. The number of esters is 1. The Labute approximate surface area is 317 Å². The molecule has 0 aromatic heterocycles. The zero-order chi connectivity index (χ0) is 37.9. The lowest BCUT2D eigenvalue weighted by Crippen LogP contribution is -2.69. The Morgan fingerprint density at radius 1 is 1.11 bits per heavy atom. The van der Waals surface area contributed by atoms with E-state index in [2.05, 4.69) is 29.8 Å². The summed E-state index contributed by atoms with van der Waals surface area (Å²) < 4.78 is 20.5. The second-order valence-corrected chi connectivity index (χ2v) is 17.8. The third kappa shape index (κ3) is 9.39. The van der Waals surface area contributed by atoms with Crippen molar-refractivity contribution in [2.75, 3.05) is 26.2 Å². The van der Waals surface area contributed by atoms with Gasteiger partial charge in [0.25, 0.3) is 0 Å². The molecule has 0 bridgehead atoms. The maximum atomic E-state index is 14.0. The number of carbonyl (C=O) groups is 2. The average molecular weight is 747 g/mol. The monoisotopic (exact) mass is 747 g/mol. The molecule has 4 heterocycles. The summed E-state index contributed by atoms with van der Waals surface area (Å²) >= 11 is 0. The molecule has 302 valence electrons. The summed E-state index contributed by atoms with van der Waals surface area (Å²) in [6, 6.07) is 0. The van der Waals surface area contributed by atoms with Gasteiger partial charge in [-0.05, 0) is 128 Å². The van der Waals surface area contributed by atoms with E-state index in [-0.39, 0.29) is 48.8 Å². The molecule has 2 saturated carbocycles. The molecule has 0 spiro atoms. The van der Waals surface area contributed by atoms with Crippen LogP contribution in [0.3, 0.4) is 0 Å². The summed E-state index contributed by atoms with van der Waals surface area (Å²) in [6.45, 7) is 10.1. The van der Waals surface area contributed by atoms with E-state index in [1.165, 1.54) is 0 Å². The Bertz CT molecular complexity index is 1260. The fourth-order valence-corrected chi connectivity index (χ4v) is 11.2. The van der Waals surface area contributed by atoms with Gasteiger partial charge < -0.3 is 51.2 Å². The minimum Gasteiger partial charge on any atom is -0.456 e. The highest BCUT2D eigenvalue weighted by Gasteiger charge is 2.63. The molecule has 2 aliphatic carbocycles. The molecule has 0 aromatic carbocycles. The standard InChI is InChI=1S/C41H70N4O8/c1-5-23(3)40(50)52-32-20-30-37(49)36-31(48)19-28(22-46)51-39(36)35(29(26-13-15-44-33(42)18-26)17-25-8-7-9-27(47)16-25)38(30)53-41(32,4)14-12-24-10-11-34(43-6-2)45-21-24/h5,24-30,32-39,43-47,49H,6-22,42H2,1-4H3. The van der Waals surface area contributed by atoms with Crippen molar-refractivity contribution < 1.29 is 39.1 Å². The van der Waals surface area contributed by atoms with Gasteiger partial charge in [-0.3, -0.25) is 4.79 Å². The van der Waals surface area contributed by atoms with Crippen LogP contribution in [0.25, 0.3) is 0 Å². The molecule has 4 aliphatic heterocycles. The molecule has 12 nitrogen and oxygen atoms in total. The fourth-order valence-electron chi connectivity index (χ4n) is 11.2. The van der Waals surface area contributed by atoms with E-state index in [0.717, 1.165) is 83.8 Å². The van der Waals surface area contributed by atoms with Crippen molar-refractivity contribution in [3.8, 4) is 0 Å². The summed E-state index contributed by atoms with van der Waals surface area (Å²) in [5.74, 6) is -0.926. The number of Topliss-reactive ketones (excluding diaryl/α,β-unsaturated/α-hetero) is 1. The van der Waals surface area contributed by atoms with Crippen LogP contribution in [0.1, 0.15) is 111 Å². The number of ketones is 1. The SMILES string of the molecule is CC=C(C)C(=O)OC1CC2C(O)C3C(=O)CC(CO)OC3C(C(CC3CCCC(O)C3)C3CCNC(N)C3)C2OC1(C)CCC1CCC(NCC)NC1. The van der Waals surface area contributed by atoms with Crippen molar-refractivity contribution in [3.05, 3.63) is 11.6 Å². The van der Waals surface area contributed by atoms with Crippen molar-refractivity contribution in [2.24, 2.45) is 47.2 Å². The highest BCUT2D eigenvalue weighted by molar-refractivity contribution is 5.87. The zero-order valence-corrected chi connectivity index (χ0v) is 32.7. The number of fused-ring (bicyclic) bond motifs is 2. The Balaban J connectivity index is 1.37. The molecule has 53 heavy (non-hydrogen) atoms. The van der Waals surface area contributed by atoms with Gasteiger partial charge in [0.2, 0.25) is 0 Å². The number of hydrogen-bond acceptors (Lipinski definition) is 12. The number of rotatable bonds is 12. The second kappa shape index (κ2) is 18.2. The number of nitrogens with two attached hydrogens (primary N) is 1. The van der Waals surface area contributed by atoms with Crippen molar-refractivity contribution in [1.29, 1.82) is 0 Å². The third-order valence-corrected chi connectivity index (χ3v) is 14.2. The van der Waals surface area contributed by atoms with Crippen LogP contribution in [0.15, 0.2) is 11.6 Å². The molecule has 12 heteroatoms. The van der Waals surface area contributed by atoms with Crippen molar-refractivity contribution in [1.82, 2.24) is 16.0 Å². The van der Waals surface area contributed by atoms with E-state index in [9.17, 15) is 24.9 Å². The number of nitrogens with one attached hydrogen (secondary N) is 3. The first-order chi connectivity index (χ1) is 25.4. The number of piperidine rings is 2. The normalized spacial score (nSPS) is 44.5. The van der Waals surface area contributed by atoms with Crippen LogP contribution < -0.4 is 21.7 Å². The van der Waals surface area contributed by atoms with Gasteiger partial charge in [-0.25, -0.2) is 4.79 Å². The zero-order valence-electron chi connectivity index (χ0n) is 32.7. The van der Waals surface area contributed by atoms with Gasteiger partial charge in [0.1, 0.15) is 17.5 Å². The van der Waals surface area contributed by atoms with Gasteiger partial charge >= 0.3 is 5.97 Å².